The Bertz CT molecular complexity index is 715. The van der Waals surface area contributed by atoms with E-state index in [0.717, 1.165) is 21.9 Å². The molecule has 17 heavy (non-hydrogen) atoms. The van der Waals surface area contributed by atoms with Gasteiger partial charge < -0.3 is 9.67 Å². The lowest BCUT2D eigenvalue weighted by molar-refractivity contribution is 0.268. The number of aliphatic hydroxyl groups is 1. The van der Waals surface area contributed by atoms with Crippen LogP contribution in [0, 0.1) is 6.92 Å². The monoisotopic (exact) mass is 227 g/mol. The molecule has 0 unspecified atom stereocenters. The summed E-state index contributed by atoms with van der Waals surface area (Å²) < 4.78 is 1.93. The fourth-order valence-corrected chi connectivity index (χ4v) is 2.20. The highest BCUT2D eigenvalue weighted by molar-refractivity contribution is 6.02. The molecule has 3 rings (SSSR count). The number of aliphatic hydroxyl groups excluding tert-OH is 1. The van der Waals surface area contributed by atoms with Gasteiger partial charge in [0.2, 0.25) is 0 Å². The SMILES string of the molecule is Cc1ccc2ncc3nc(CO)n(C)c3c2c1. The van der Waals surface area contributed by atoms with Crippen LogP contribution in [-0.4, -0.2) is 19.6 Å². The first-order valence-electron chi connectivity index (χ1n) is 5.52. The van der Waals surface area contributed by atoms with Crippen molar-refractivity contribution in [3.63, 3.8) is 0 Å². The van der Waals surface area contributed by atoms with Crippen molar-refractivity contribution in [2.75, 3.05) is 0 Å². The standard InChI is InChI=1S/C13H13N3O/c1-8-3-4-10-9(5-8)13-11(6-14-10)15-12(7-17)16(13)2/h3-6,17H,7H2,1-2H3. The zero-order valence-corrected chi connectivity index (χ0v) is 9.81. The molecule has 1 N–H and O–H groups in total. The van der Waals surface area contributed by atoms with E-state index in [1.54, 1.807) is 6.20 Å². The Balaban J connectivity index is 2.53. The smallest absolute Gasteiger partial charge is 0.135 e. The van der Waals surface area contributed by atoms with Crippen LogP contribution in [0.1, 0.15) is 11.4 Å². The lowest BCUT2D eigenvalue weighted by Crippen LogP contribution is -1.97. The molecule has 0 radical (unpaired) electrons. The van der Waals surface area contributed by atoms with Crippen molar-refractivity contribution >= 4 is 21.9 Å². The van der Waals surface area contributed by atoms with Crippen molar-refractivity contribution in [1.29, 1.82) is 0 Å². The Labute approximate surface area is 98.5 Å². The van der Waals surface area contributed by atoms with E-state index in [-0.39, 0.29) is 6.61 Å². The van der Waals surface area contributed by atoms with Crippen LogP contribution >= 0.6 is 0 Å². The molecule has 3 aromatic rings. The number of nitrogens with zero attached hydrogens (tertiary/aromatic N) is 3. The van der Waals surface area contributed by atoms with Crippen LogP contribution in [0.2, 0.25) is 0 Å². The van der Waals surface area contributed by atoms with Gasteiger partial charge in [0.25, 0.3) is 0 Å². The summed E-state index contributed by atoms with van der Waals surface area (Å²) in [5.74, 6) is 0.663. The highest BCUT2D eigenvalue weighted by Gasteiger charge is 2.10. The molecule has 0 bridgehead atoms. The minimum atomic E-state index is -0.0571. The lowest BCUT2D eigenvalue weighted by Gasteiger charge is -2.03. The van der Waals surface area contributed by atoms with Crippen LogP contribution in [0.25, 0.3) is 21.9 Å². The third-order valence-corrected chi connectivity index (χ3v) is 3.09. The van der Waals surface area contributed by atoms with E-state index < -0.39 is 0 Å². The Morgan fingerprint density at radius 2 is 2.12 bits per heavy atom. The predicted molar refractivity (Wildman–Crippen MR) is 66.7 cm³/mol. The van der Waals surface area contributed by atoms with Gasteiger partial charge in [-0.1, -0.05) is 11.6 Å². The van der Waals surface area contributed by atoms with Gasteiger partial charge in [-0.3, -0.25) is 4.98 Å². The number of rotatable bonds is 1. The average Bonchev–Trinajstić information content (AvgIpc) is 2.66. The largest absolute Gasteiger partial charge is 0.388 e. The first-order valence-corrected chi connectivity index (χ1v) is 5.52. The number of fused-ring (bicyclic) bond motifs is 3. The molecule has 1 aromatic carbocycles. The Morgan fingerprint density at radius 3 is 2.88 bits per heavy atom. The van der Waals surface area contributed by atoms with Crippen LogP contribution in [0.3, 0.4) is 0 Å². The zero-order chi connectivity index (χ0) is 12.0. The third-order valence-electron chi connectivity index (χ3n) is 3.09. The number of benzene rings is 1. The predicted octanol–water partition coefficient (Wildman–Crippen LogP) is 1.92. The summed E-state index contributed by atoms with van der Waals surface area (Å²) in [4.78, 5) is 8.74. The molecule has 0 amide bonds. The molecular weight excluding hydrogens is 214 g/mol. The molecule has 0 saturated carbocycles. The van der Waals surface area contributed by atoms with Gasteiger partial charge in [0.05, 0.1) is 17.2 Å². The molecule has 0 aliphatic rings. The van der Waals surface area contributed by atoms with Gasteiger partial charge in [-0.05, 0) is 19.1 Å². The van der Waals surface area contributed by atoms with E-state index in [0.29, 0.717) is 5.82 Å². The van der Waals surface area contributed by atoms with Crippen LogP contribution < -0.4 is 0 Å². The first-order chi connectivity index (χ1) is 8.20. The Morgan fingerprint density at radius 1 is 1.29 bits per heavy atom. The second-order valence-corrected chi connectivity index (χ2v) is 4.26. The minimum Gasteiger partial charge on any atom is -0.388 e. The molecule has 0 aliphatic carbocycles. The number of aromatic nitrogens is 3. The summed E-state index contributed by atoms with van der Waals surface area (Å²) >= 11 is 0. The summed E-state index contributed by atoms with van der Waals surface area (Å²) in [6.07, 6.45) is 1.76. The summed E-state index contributed by atoms with van der Waals surface area (Å²) in [6.45, 7) is 2.00. The fourth-order valence-electron chi connectivity index (χ4n) is 2.20. The van der Waals surface area contributed by atoms with Crippen molar-refractivity contribution in [3.05, 3.63) is 35.8 Å². The highest BCUT2D eigenvalue weighted by Crippen LogP contribution is 2.24. The molecule has 0 atom stereocenters. The van der Waals surface area contributed by atoms with Crippen LogP contribution in [0.15, 0.2) is 24.4 Å². The molecular formula is C13H13N3O. The van der Waals surface area contributed by atoms with Gasteiger partial charge in [-0.25, -0.2) is 4.98 Å². The van der Waals surface area contributed by atoms with Gasteiger partial charge in [0, 0.05) is 12.4 Å². The number of imidazole rings is 1. The first kappa shape index (κ1) is 10.2. The van der Waals surface area contributed by atoms with E-state index in [2.05, 4.69) is 23.0 Å². The summed E-state index contributed by atoms with van der Waals surface area (Å²) in [7, 11) is 1.92. The molecule has 0 aliphatic heterocycles. The van der Waals surface area contributed by atoms with Gasteiger partial charge >= 0.3 is 0 Å². The van der Waals surface area contributed by atoms with Crippen molar-refractivity contribution in [1.82, 2.24) is 14.5 Å². The summed E-state index contributed by atoms with van der Waals surface area (Å²) in [5, 5.41) is 10.3. The maximum atomic E-state index is 9.24. The van der Waals surface area contributed by atoms with E-state index in [9.17, 15) is 5.11 Å². The normalized spacial score (nSPS) is 11.5. The van der Waals surface area contributed by atoms with Crippen LogP contribution in [0.5, 0.6) is 0 Å². The zero-order valence-electron chi connectivity index (χ0n) is 9.81. The highest BCUT2D eigenvalue weighted by atomic mass is 16.3. The maximum absolute atomic E-state index is 9.24. The molecule has 4 heteroatoms. The molecule has 86 valence electrons. The second-order valence-electron chi connectivity index (χ2n) is 4.26. The number of hydrogen-bond acceptors (Lipinski definition) is 3. The quantitative estimate of drug-likeness (QED) is 0.691. The average molecular weight is 227 g/mol. The van der Waals surface area contributed by atoms with E-state index in [4.69, 9.17) is 0 Å². The number of pyridine rings is 1. The maximum Gasteiger partial charge on any atom is 0.135 e. The molecule has 0 saturated heterocycles. The molecule has 0 fully saturated rings. The van der Waals surface area contributed by atoms with E-state index in [1.807, 2.05) is 23.7 Å². The van der Waals surface area contributed by atoms with E-state index >= 15 is 0 Å². The summed E-state index contributed by atoms with van der Waals surface area (Å²) in [5.41, 5.74) is 4.01. The van der Waals surface area contributed by atoms with Gasteiger partial charge in [0.1, 0.15) is 17.9 Å². The van der Waals surface area contributed by atoms with Crippen LogP contribution in [0.4, 0.5) is 0 Å². The van der Waals surface area contributed by atoms with Crippen molar-refractivity contribution in [3.8, 4) is 0 Å². The minimum absolute atomic E-state index is 0.0571. The van der Waals surface area contributed by atoms with Crippen LogP contribution in [-0.2, 0) is 13.7 Å². The van der Waals surface area contributed by atoms with Crippen molar-refractivity contribution in [2.45, 2.75) is 13.5 Å². The molecule has 2 aromatic heterocycles. The molecule has 0 spiro atoms. The second kappa shape index (κ2) is 3.53. The van der Waals surface area contributed by atoms with Gasteiger partial charge in [-0.2, -0.15) is 0 Å². The summed E-state index contributed by atoms with van der Waals surface area (Å²) in [6, 6.07) is 6.16. The molecule has 4 nitrogen and oxygen atoms in total. The van der Waals surface area contributed by atoms with Crippen molar-refractivity contribution in [2.24, 2.45) is 7.05 Å². The van der Waals surface area contributed by atoms with E-state index in [1.165, 1.54) is 5.56 Å². The topological polar surface area (TPSA) is 50.9 Å². The third kappa shape index (κ3) is 1.41. The van der Waals surface area contributed by atoms with Gasteiger partial charge in [-0.15, -0.1) is 0 Å². The Kier molecular flexibility index (Phi) is 2.12. The van der Waals surface area contributed by atoms with Gasteiger partial charge in [0.15, 0.2) is 0 Å². The fraction of sp³-hybridized carbons (Fsp3) is 0.231. The molecule has 2 heterocycles. The van der Waals surface area contributed by atoms with Crippen molar-refractivity contribution < 1.29 is 5.11 Å². The number of hydrogen-bond donors (Lipinski definition) is 1. The number of aryl methyl sites for hydroxylation is 2. The Hall–Kier alpha value is -1.94. The lowest BCUT2D eigenvalue weighted by atomic mass is 10.1.